The number of benzene rings is 2. The van der Waals surface area contributed by atoms with Crippen molar-refractivity contribution in [1.29, 1.82) is 0 Å². The van der Waals surface area contributed by atoms with Crippen molar-refractivity contribution < 1.29 is 13.9 Å². The van der Waals surface area contributed by atoms with E-state index >= 15 is 0 Å². The Balaban J connectivity index is 1.65. The smallest absolute Gasteiger partial charge is 0.413 e. The van der Waals surface area contributed by atoms with E-state index < -0.39 is 12.2 Å². The van der Waals surface area contributed by atoms with Crippen LogP contribution in [-0.4, -0.2) is 30.6 Å². The van der Waals surface area contributed by atoms with Crippen LogP contribution in [0.1, 0.15) is 24.5 Å². The standard InChI is InChI=1S/C21H21FN2O2/c22-18-10-12-19(13-11-18)23-21(25)26-20(17-7-2-1-3-8-17)9-6-16-24-14-4-5-15-24/h1-3,7-8,10-13,20H,4-5,14-16H2,(H,23,25). The number of anilines is 1. The van der Waals surface area contributed by atoms with E-state index in [0.29, 0.717) is 12.2 Å². The van der Waals surface area contributed by atoms with E-state index in [1.165, 1.54) is 37.1 Å². The van der Waals surface area contributed by atoms with Gasteiger partial charge in [-0.1, -0.05) is 42.2 Å². The van der Waals surface area contributed by atoms with Crippen LogP contribution in [-0.2, 0) is 4.74 Å². The average Bonchev–Trinajstić information content (AvgIpc) is 3.17. The molecule has 1 N–H and O–H groups in total. The highest BCUT2D eigenvalue weighted by Gasteiger charge is 2.15. The highest BCUT2D eigenvalue weighted by molar-refractivity contribution is 5.84. The van der Waals surface area contributed by atoms with Crippen molar-refractivity contribution >= 4 is 11.8 Å². The molecule has 1 unspecified atom stereocenters. The van der Waals surface area contributed by atoms with Crippen LogP contribution < -0.4 is 5.32 Å². The van der Waals surface area contributed by atoms with Crippen LogP contribution in [0.5, 0.6) is 0 Å². The second kappa shape index (κ2) is 9.02. The number of ether oxygens (including phenoxy) is 1. The molecule has 1 aliphatic rings. The molecule has 0 aromatic heterocycles. The predicted octanol–water partition coefficient (Wildman–Crippen LogP) is 4.21. The molecule has 3 rings (SSSR count). The lowest BCUT2D eigenvalue weighted by Crippen LogP contribution is -2.20. The van der Waals surface area contributed by atoms with Gasteiger partial charge in [0.2, 0.25) is 0 Å². The summed E-state index contributed by atoms with van der Waals surface area (Å²) in [5.74, 6) is 5.82. The van der Waals surface area contributed by atoms with Crippen molar-refractivity contribution in [2.75, 3.05) is 25.0 Å². The topological polar surface area (TPSA) is 41.6 Å². The van der Waals surface area contributed by atoms with Gasteiger partial charge in [-0.05, 0) is 50.2 Å². The van der Waals surface area contributed by atoms with Gasteiger partial charge in [0.25, 0.3) is 0 Å². The summed E-state index contributed by atoms with van der Waals surface area (Å²) < 4.78 is 18.5. The first-order valence-electron chi connectivity index (χ1n) is 8.69. The molecule has 4 nitrogen and oxygen atoms in total. The molecular formula is C21H21FN2O2. The number of amides is 1. The minimum absolute atomic E-state index is 0.362. The van der Waals surface area contributed by atoms with E-state index in [1.54, 1.807) is 0 Å². The van der Waals surface area contributed by atoms with Gasteiger partial charge in [0.1, 0.15) is 5.82 Å². The molecule has 134 valence electrons. The Morgan fingerprint density at radius 1 is 1.12 bits per heavy atom. The van der Waals surface area contributed by atoms with Crippen molar-refractivity contribution in [3.8, 4) is 11.8 Å². The summed E-state index contributed by atoms with van der Waals surface area (Å²) >= 11 is 0. The zero-order valence-electron chi connectivity index (χ0n) is 14.5. The third-order valence-electron chi connectivity index (χ3n) is 4.15. The number of carbonyl (C=O) groups excluding carboxylic acids is 1. The Bertz CT molecular complexity index is 775. The van der Waals surface area contributed by atoms with Crippen LogP contribution in [0.15, 0.2) is 54.6 Å². The van der Waals surface area contributed by atoms with E-state index in [1.807, 2.05) is 30.3 Å². The SMILES string of the molecule is O=C(Nc1ccc(F)cc1)OC(C#CCN1CCCC1)c1ccccc1. The lowest BCUT2D eigenvalue weighted by Gasteiger charge is -2.14. The minimum atomic E-state index is -0.653. The number of carbonyl (C=O) groups is 1. The maximum Gasteiger partial charge on any atom is 0.413 e. The predicted molar refractivity (Wildman–Crippen MR) is 99.1 cm³/mol. The van der Waals surface area contributed by atoms with E-state index in [4.69, 9.17) is 4.74 Å². The number of nitrogens with zero attached hydrogens (tertiary/aromatic N) is 1. The van der Waals surface area contributed by atoms with Gasteiger partial charge in [0.15, 0.2) is 6.10 Å². The molecule has 0 radical (unpaired) electrons. The van der Waals surface area contributed by atoms with Gasteiger partial charge in [-0.25, -0.2) is 9.18 Å². The highest BCUT2D eigenvalue weighted by Crippen LogP contribution is 2.18. The number of hydrogen-bond acceptors (Lipinski definition) is 3. The summed E-state index contributed by atoms with van der Waals surface area (Å²) in [5.41, 5.74) is 1.28. The fourth-order valence-electron chi connectivity index (χ4n) is 2.79. The monoisotopic (exact) mass is 352 g/mol. The first kappa shape index (κ1) is 18.0. The number of rotatable bonds is 4. The Morgan fingerprint density at radius 2 is 1.81 bits per heavy atom. The summed E-state index contributed by atoms with van der Waals surface area (Å²) in [6, 6.07) is 14.9. The summed E-state index contributed by atoms with van der Waals surface area (Å²) in [7, 11) is 0. The molecule has 1 fully saturated rings. The third kappa shape index (κ3) is 5.33. The van der Waals surface area contributed by atoms with Gasteiger partial charge in [-0.15, -0.1) is 0 Å². The van der Waals surface area contributed by atoms with Crippen molar-refractivity contribution in [2.45, 2.75) is 18.9 Å². The Hall–Kier alpha value is -2.84. The molecule has 0 saturated carbocycles. The molecule has 5 heteroatoms. The Kier molecular flexibility index (Phi) is 6.24. The maximum absolute atomic E-state index is 13.0. The quantitative estimate of drug-likeness (QED) is 0.838. The molecule has 0 bridgehead atoms. The van der Waals surface area contributed by atoms with Gasteiger partial charge < -0.3 is 4.74 Å². The molecule has 0 spiro atoms. The van der Waals surface area contributed by atoms with Crippen molar-refractivity contribution in [1.82, 2.24) is 4.90 Å². The molecule has 2 aromatic rings. The first-order chi connectivity index (χ1) is 12.7. The van der Waals surface area contributed by atoms with Crippen molar-refractivity contribution in [3.63, 3.8) is 0 Å². The molecule has 0 aliphatic carbocycles. The minimum Gasteiger partial charge on any atom is -0.428 e. The van der Waals surface area contributed by atoms with Gasteiger partial charge in [-0.2, -0.15) is 0 Å². The largest absolute Gasteiger partial charge is 0.428 e. The van der Waals surface area contributed by atoms with Crippen molar-refractivity contribution in [3.05, 3.63) is 66.0 Å². The first-order valence-corrected chi connectivity index (χ1v) is 8.69. The second-order valence-corrected chi connectivity index (χ2v) is 6.13. The van der Waals surface area contributed by atoms with Crippen LogP contribution in [0, 0.1) is 17.7 Å². The van der Waals surface area contributed by atoms with Gasteiger partial charge in [-0.3, -0.25) is 10.2 Å². The molecule has 1 amide bonds. The molecule has 26 heavy (non-hydrogen) atoms. The Morgan fingerprint density at radius 3 is 2.50 bits per heavy atom. The van der Waals surface area contributed by atoms with Crippen LogP contribution in [0.25, 0.3) is 0 Å². The van der Waals surface area contributed by atoms with Gasteiger partial charge >= 0.3 is 6.09 Å². The maximum atomic E-state index is 13.0. The number of nitrogens with one attached hydrogen (secondary N) is 1. The van der Waals surface area contributed by atoms with Gasteiger partial charge in [0, 0.05) is 11.3 Å². The van der Waals surface area contributed by atoms with E-state index in [0.717, 1.165) is 18.7 Å². The lowest BCUT2D eigenvalue weighted by atomic mass is 10.1. The van der Waals surface area contributed by atoms with Crippen LogP contribution in [0.4, 0.5) is 14.9 Å². The Labute approximate surface area is 153 Å². The molecule has 2 aromatic carbocycles. The molecule has 1 aliphatic heterocycles. The zero-order chi connectivity index (χ0) is 18.2. The zero-order valence-corrected chi connectivity index (χ0v) is 14.5. The molecule has 1 atom stereocenters. The average molecular weight is 352 g/mol. The lowest BCUT2D eigenvalue weighted by molar-refractivity contribution is 0.138. The fraction of sp³-hybridized carbons (Fsp3) is 0.286. The van der Waals surface area contributed by atoms with E-state index in [-0.39, 0.29) is 5.82 Å². The van der Waals surface area contributed by atoms with E-state index in [2.05, 4.69) is 22.1 Å². The molecule has 1 saturated heterocycles. The van der Waals surface area contributed by atoms with Gasteiger partial charge in [0.05, 0.1) is 6.54 Å². The molecular weight excluding hydrogens is 331 g/mol. The summed E-state index contributed by atoms with van der Waals surface area (Å²) in [4.78, 5) is 14.5. The fourth-order valence-corrected chi connectivity index (χ4v) is 2.79. The van der Waals surface area contributed by atoms with Crippen LogP contribution in [0.3, 0.4) is 0 Å². The third-order valence-corrected chi connectivity index (χ3v) is 4.15. The summed E-state index contributed by atoms with van der Waals surface area (Å²) in [5, 5.41) is 2.59. The number of likely N-dealkylation sites (tertiary alicyclic amines) is 1. The van der Waals surface area contributed by atoms with Crippen LogP contribution >= 0.6 is 0 Å². The van der Waals surface area contributed by atoms with E-state index in [9.17, 15) is 9.18 Å². The summed E-state index contributed by atoms with van der Waals surface area (Å²) in [6.07, 6.45) is 1.14. The van der Waals surface area contributed by atoms with Crippen molar-refractivity contribution in [2.24, 2.45) is 0 Å². The number of hydrogen-bond donors (Lipinski definition) is 1. The summed E-state index contributed by atoms with van der Waals surface area (Å²) in [6.45, 7) is 2.81. The highest BCUT2D eigenvalue weighted by atomic mass is 19.1. The normalized spacial score (nSPS) is 15.0. The molecule has 1 heterocycles. The van der Waals surface area contributed by atoms with Crippen LogP contribution in [0.2, 0.25) is 0 Å². The number of halogens is 1. The second-order valence-electron chi connectivity index (χ2n) is 6.13.